The van der Waals surface area contributed by atoms with Gasteiger partial charge in [-0.05, 0) is 24.3 Å². The van der Waals surface area contributed by atoms with E-state index in [4.69, 9.17) is 34.8 Å². The van der Waals surface area contributed by atoms with Gasteiger partial charge in [0.1, 0.15) is 5.75 Å². The van der Waals surface area contributed by atoms with Crippen molar-refractivity contribution in [1.82, 2.24) is 9.97 Å². The number of anilines is 1. The summed E-state index contributed by atoms with van der Waals surface area (Å²) < 4.78 is 27.6. The van der Waals surface area contributed by atoms with Crippen molar-refractivity contribution in [2.24, 2.45) is 5.10 Å². The van der Waals surface area contributed by atoms with Crippen molar-refractivity contribution in [2.75, 3.05) is 5.43 Å². The molecule has 1 N–H and O–H groups in total. The van der Waals surface area contributed by atoms with Crippen LogP contribution >= 0.6 is 34.8 Å². The van der Waals surface area contributed by atoms with Crippen LogP contribution in [0.15, 0.2) is 53.6 Å². The minimum absolute atomic E-state index is 0.00687. The Morgan fingerprint density at radius 1 is 1.04 bits per heavy atom. The molecular weight excluding hydrogens is 421 g/mol. The van der Waals surface area contributed by atoms with Gasteiger partial charge < -0.3 is 4.74 Å². The lowest BCUT2D eigenvalue weighted by Crippen LogP contribution is -2.09. The van der Waals surface area contributed by atoms with Crippen LogP contribution in [0.2, 0.25) is 0 Å². The third kappa shape index (κ3) is 4.94. The van der Waals surface area contributed by atoms with Crippen LogP contribution in [0, 0.1) is 0 Å². The first-order valence-electron chi connectivity index (χ1n) is 7.51. The number of halogens is 5. The molecular formula is C17H11Cl3F2N4O. The number of ether oxygens (including phenoxy) is 1. The van der Waals surface area contributed by atoms with E-state index < -0.39 is 10.4 Å². The quantitative estimate of drug-likeness (QED) is 0.329. The number of hydrogen-bond acceptors (Lipinski definition) is 5. The molecule has 2 aromatic carbocycles. The molecule has 140 valence electrons. The van der Waals surface area contributed by atoms with Gasteiger partial charge in [-0.1, -0.05) is 59.1 Å². The summed E-state index contributed by atoms with van der Waals surface area (Å²) in [5, 5.41) is 4.68. The van der Waals surface area contributed by atoms with Gasteiger partial charge in [-0.2, -0.15) is 13.9 Å². The smallest absolute Gasteiger partial charge is 0.387 e. The molecule has 10 heteroatoms. The molecule has 5 nitrogen and oxygen atoms in total. The van der Waals surface area contributed by atoms with Crippen LogP contribution in [0.1, 0.15) is 11.4 Å². The van der Waals surface area contributed by atoms with Gasteiger partial charge in [0.15, 0.2) is 11.6 Å². The highest BCUT2D eigenvalue weighted by atomic mass is 35.6. The maximum absolute atomic E-state index is 12.5. The van der Waals surface area contributed by atoms with Crippen LogP contribution in [0.5, 0.6) is 5.75 Å². The highest BCUT2D eigenvalue weighted by Crippen LogP contribution is 2.37. The summed E-state index contributed by atoms with van der Waals surface area (Å²) in [6.45, 7) is -2.94. The molecule has 0 spiro atoms. The minimum Gasteiger partial charge on any atom is -0.434 e. The predicted molar refractivity (Wildman–Crippen MR) is 103 cm³/mol. The number of hydrogen-bond donors (Lipinski definition) is 1. The summed E-state index contributed by atoms with van der Waals surface area (Å²) in [5.74, 6) is 0.267. The summed E-state index contributed by atoms with van der Waals surface area (Å²) in [5.41, 5.74) is 3.63. The molecule has 0 unspecified atom stereocenters. The van der Waals surface area contributed by atoms with E-state index in [2.05, 4.69) is 25.2 Å². The SMILES string of the molecule is FC(F)Oc1ccccc1C=NNc1nc(C(Cl)(Cl)Cl)nc2ccccc12. The summed E-state index contributed by atoms with van der Waals surface area (Å²) in [7, 11) is 0. The van der Waals surface area contributed by atoms with Crippen molar-refractivity contribution in [3.05, 3.63) is 59.9 Å². The average Bonchev–Trinajstić information content (AvgIpc) is 2.61. The van der Waals surface area contributed by atoms with E-state index in [1.165, 1.54) is 12.3 Å². The topological polar surface area (TPSA) is 59.4 Å². The van der Waals surface area contributed by atoms with Gasteiger partial charge in [0.05, 0.1) is 11.7 Å². The van der Waals surface area contributed by atoms with Crippen molar-refractivity contribution >= 4 is 57.7 Å². The van der Waals surface area contributed by atoms with Gasteiger partial charge in [-0.3, -0.25) is 5.43 Å². The molecule has 27 heavy (non-hydrogen) atoms. The van der Waals surface area contributed by atoms with Crippen molar-refractivity contribution in [3.8, 4) is 5.75 Å². The molecule has 0 bridgehead atoms. The Hall–Kier alpha value is -2.22. The largest absolute Gasteiger partial charge is 0.434 e. The summed E-state index contributed by atoms with van der Waals surface area (Å²) in [4.78, 5) is 8.41. The average molecular weight is 432 g/mol. The first kappa shape index (κ1) is 19.5. The maximum atomic E-state index is 12.5. The van der Waals surface area contributed by atoms with E-state index in [1.54, 1.807) is 42.5 Å². The minimum atomic E-state index is -2.94. The summed E-state index contributed by atoms with van der Waals surface area (Å²) in [6.07, 6.45) is 1.32. The van der Waals surface area contributed by atoms with Gasteiger partial charge in [0, 0.05) is 10.9 Å². The summed E-state index contributed by atoms with van der Waals surface area (Å²) >= 11 is 17.6. The molecule has 1 aromatic heterocycles. The van der Waals surface area contributed by atoms with Crippen LogP contribution in [0.3, 0.4) is 0 Å². The van der Waals surface area contributed by atoms with Crippen LogP contribution in [-0.4, -0.2) is 22.8 Å². The van der Waals surface area contributed by atoms with Gasteiger partial charge in [0.25, 0.3) is 0 Å². The Morgan fingerprint density at radius 3 is 2.48 bits per heavy atom. The third-order valence-electron chi connectivity index (χ3n) is 3.37. The van der Waals surface area contributed by atoms with E-state index in [0.717, 1.165) is 0 Å². The maximum Gasteiger partial charge on any atom is 0.387 e. The molecule has 0 radical (unpaired) electrons. The lowest BCUT2D eigenvalue weighted by atomic mass is 10.2. The van der Waals surface area contributed by atoms with Crippen LogP contribution in [0.4, 0.5) is 14.6 Å². The highest BCUT2D eigenvalue weighted by molar-refractivity contribution is 6.66. The van der Waals surface area contributed by atoms with Crippen LogP contribution < -0.4 is 10.2 Å². The first-order valence-corrected chi connectivity index (χ1v) is 8.65. The molecule has 0 saturated carbocycles. The predicted octanol–water partition coefficient (Wildman–Crippen LogP) is 5.50. The monoisotopic (exact) mass is 430 g/mol. The molecule has 0 saturated heterocycles. The molecule has 0 amide bonds. The molecule has 3 rings (SSSR count). The Balaban J connectivity index is 1.92. The fourth-order valence-corrected chi connectivity index (χ4v) is 2.50. The zero-order valence-corrected chi connectivity index (χ0v) is 15.7. The number of aromatic nitrogens is 2. The van der Waals surface area contributed by atoms with Crippen molar-refractivity contribution in [3.63, 3.8) is 0 Å². The van der Waals surface area contributed by atoms with E-state index >= 15 is 0 Å². The third-order valence-corrected chi connectivity index (χ3v) is 3.87. The molecule has 0 atom stereocenters. The van der Waals surface area contributed by atoms with Crippen LogP contribution in [0.25, 0.3) is 10.9 Å². The van der Waals surface area contributed by atoms with Gasteiger partial charge in [0.2, 0.25) is 3.79 Å². The standard InChI is InChI=1S/C17H11Cl3F2N4O/c18-17(19,20)15-24-12-7-3-2-6-11(12)14(25-15)26-23-9-10-5-1-4-8-13(10)27-16(21)22/h1-9,16H,(H,24,25,26). The van der Waals surface area contributed by atoms with E-state index in [9.17, 15) is 8.78 Å². The molecule has 0 aliphatic carbocycles. The Morgan fingerprint density at radius 2 is 1.74 bits per heavy atom. The number of nitrogens with zero attached hydrogens (tertiary/aromatic N) is 3. The number of benzene rings is 2. The molecule has 0 aliphatic rings. The molecule has 0 aliphatic heterocycles. The number of nitrogens with one attached hydrogen (secondary N) is 1. The van der Waals surface area contributed by atoms with E-state index in [1.807, 2.05) is 0 Å². The lowest BCUT2D eigenvalue weighted by Gasteiger charge is -2.12. The van der Waals surface area contributed by atoms with Gasteiger partial charge in [-0.15, -0.1) is 0 Å². The summed E-state index contributed by atoms with van der Waals surface area (Å²) in [6, 6.07) is 13.3. The van der Waals surface area contributed by atoms with Crippen molar-refractivity contribution < 1.29 is 13.5 Å². The number of hydrazone groups is 1. The molecule has 0 fully saturated rings. The second-order valence-corrected chi connectivity index (χ2v) is 7.48. The normalized spacial score (nSPS) is 12.1. The fraction of sp³-hybridized carbons (Fsp3) is 0.118. The second-order valence-electron chi connectivity index (χ2n) is 5.20. The van der Waals surface area contributed by atoms with Crippen molar-refractivity contribution in [2.45, 2.75) is 10.4 Å². The zero-order valence-electron chi connectivity index (χ0n) is 13.4. The van der Waals surface area contributed by atoms with Crippen molar-refractivity contribution in [1.29, 1.82) is 0 Å². The number of para-hydroxylation sites is 2. The Labute approximate surface area is 167 Å². The lowest BCUT2D eigenvalue weighted by molar-refractivity contribution is -0.0499. The van der Waals surface area contributed by atoms with Crippen LogP contribution in [-0.2, 0) is 3.79 Å². The van der Waals surface area contributed by atoms with Gasteiger partial charge in [-0.25, -0.2) is 9.97 Å². The number of rotatable bonds is 5. The number of fused-ring (bicyclic) bond motifs is 1. The number of alkyl halides is 5. The first-order chi connectivity index (χ1) is 12.8. The van der Waals surface area contributed by atoms with E-state index in [-0.39, 0.29) is 11.6 Å². The molecule has 3 aromatic rings. The Kier molecular flexibility index (Phi) is 5.94. The van der Waals surface area contributed by atoms with Gasteiger partial charge >= 0.3 is 6.61 Å². The second kappa shape index (κ2) is 8.21. The Bertz CT molecular complexity index is 980. The fourth-order valence-electron chi connectivity index (χ4n) is 2.24. The highest BCUT2D eigenvalue weighted by Gasteiger charge is 2.28. The molecule has 1 heterocycles. The van der Waals surface area contributed by atoms with E-state index in [0.29, 0.717) is 22.3 Å². The zero-order chi connectivity index (χ0) is 19.4.